The SMILES string of the molecule is Cc1ncc(-c2ccc(C(F)(F)F)cc2)c(N[C@@H]2CC3C=C2CC3)n1. The highest BCUT2D eigenvalue weighted by Crippen LogP contribution is 2.41. The third-order valence-electron chi connectivity index (χ3n) is 4.98. The number of nitrogens with one attached hydrogen (secondary N) is 1. The van der Waals surface area contributed by atoms with Crippen molar-refractivity contribution in [2.75, 3.05) is 5.32 Å². The van der Waals surface area contributed by atoms with Gasteiger partial charge in [-0.2, -0.15) is 13.2 Å². The predicted octanol–water partition coefficient (Wildman–Crippen LogP) is 4.99. The summed E-state index contributed by atoms with van der Waals surface area (Å²) in [4.78, 5) is 8.72. The third kappa shape index (κ3) is 3.13. The monoisotopic (exact) mass is 345 g/mol. The van der Waals surface area contributed by atoms with Gasteiger partial charge >= 0.3 is 6.18 Å². The molecule has 4 rings (SSSR count). The number of hydrogen-bond acceptors (Lipinski definition) is 3. The normalized spacial score (nSPS) is 22.2. The summed E-state index contributed by atoms with van der Waals surface area (Å²) in [5, 5.41) is 3.48. The average molecular weight is 345 g/mol. The number of alkyl halides is 3. The van der Waals surface area contributed by atoms with Crippen molar-refractivity contribution in [1.29, 1.82) is 0 Å². The van der Waals surface area contributed by atoms with Crippen LogP contribution in [0.5, 0.6) is 0 Å². The molecule has 1 heterocycles. The van der Waals surface area contributed by atoms with Crippen LogP contribution in [0, 0.1) is 12.8 Å². The topological polar surface area (TPSA) is 37.8 Å². The summed E-state index contributed by atoms with van der Waals surface area (Å²) < 4.78 is 38.3. The lowest BCUT2D eigenvalue weighted by Crippen LogP contribution is -2.24. The molecule has 6 heteroatoms. The Hall–Kier alpha value is -2.37. The molecule has 130 valence electrons. The van der Waals surface area contributed by atoms with Crippen LogP contribution in [0.4, 0.5) is 19.0 Å². The fourth-order valence-electron chi connectivity index (χ4n) is 3.70. The molecule has 0 spiro atoms. The molecule has 0 saturated carbocycles. The highest BCUT2D eigenvalue weighted by Gasteiger charge is 2.33. The molecule has 1 aromatic carbocycles. The van der Waals surface area contributed by atoms with E-state index in [1.807, 2.05) is 6.92 Å². The van der Waals surface area contributed by atoms with Gasteiger partial charge in [-0.1, -0.05) is 23.8 Å². The fraction of sp³-hybridized carbons (Fsp3) is 0.368. The van der Waals surface area contributed by atoms with Gasteiger partial charge < -0.3 is 5.32 Å². The number of rotatable bonds is 3. The molecule has 0 fully saturated rings. The maximum atomic E-state index is 12.8. The van der Waals surface area contributed by atoms with Crippen molar-refractivity contribution in [2.45, 2.75) is 38.4 Å². The number of halogens is 3. The summed E-state index contributed by atoms with van der Waals surface area (Å²) in [6.45, 7) is 1.81. The van der Waals surface area contributed by atoms with E-state index in [2.05, 4.69) is 21.4 Å². The highest BCUT2D eigenvalue weighted by atomic mass is 19.4. The number of aryl methyl sites for hydroxylation is 1. The molecule has 1 N–H and O–H groups in total. The Morgan fingerprint density at radius 2 is 1.92 bits per heavy atom. The Labute approximate surface area is 144 Å². The molecule has 1 aromatic heterocycles. The van der Waals surface area contributed by atoms with Gasteiger partial charge in [-0.3, -0.25) is 0 Å². The summed E-state index contributed by atoms with van der Waals surface area (Å²) in [5.74, 6) is 1.96. The smallest absolute Gasteiger partial charge is 0.363 e. The van der Waals surface area contributed by atoms with E-state index in [-0.39, 0.29) is 6.04 Å². The lowest BCUT2D eigenvalue weighted by molar-refractivity contribution is -0.137. The van der Waals surface area contributed by atoms with Crippen molar-refractivity contribution in [1.82, 2.24) is 9.97 Å². The fourth-order valence-corrected chi connectivity index (χ4v) is 3.70. The van der Waals surface area contributed by atoms with Gasteiger partial charge in [-0.25, -0.2) is 9.97 Å². The van der Waals surface area contributed by atoms with Crippen LogP contribution >= 0.6 is 0 Å². The molecule has 3 nitrogen and oxygen atoms in total. The Bertz CT molecular complexity index is 825. The molecule has 1 unspecified atom stereocenters. The second-order valence-corrected chi connectivity index (χ2v) is 6.73. The Morgan fingerprint density at radius 1 is 1.16 bits per heavy atom. The van der Waals surface area contributed by atoms with E-state index >= 15 is 0 Å². The Morgan fingerprint density at radius 3 is 2.52 bits per heavy atom. The minimum atomic E-state index is -4.33. The van der Waals surface area contributed by atoms with E-state index in [1.54, 1.807) is 6.20 Å². The van der Waals surface area contributed by atoms with E-state index in [4.69, 9.17) is 0 Å². The van der Waals surface area contributed by atoms with Crippen LogP contribution < -0.4 is 5.32 Å². The van der Waals surface area contributed by atoms with E-state index < -0.39 is 11.7 Å². The van der Waals surface area contributed by atoms with E-state index in [0.29, 0.717) is 23.1 Å². The molecular formula is C19H18F3N3. The molecule has 2 bridgehead atoms. The molecular weight excluding hydrogens is 327 g/mol. The first-order valence-electron chi connectivity index (χ1n) is 8.38. The zero-order valence-corrected chi connectivity index (χ0v) is 13.8. The van der Waals surface area contributed by atoms with Gasteiger partial charge in [0, 0.05) is 17.8 Å². The molecule has 2 atom stereocenters. The van der Waals surface area contributed by atoms with Crippen LogP contribution in [0.2, 0.25) is 0 Å². The number of benzene rings is 1. The van der Waals surface area contributed by atoms with Crippen LogP contribution in [0.15, 0.2) is 42.1 Å². The molecule has 2 aromatic rings. The zero-order chi connectivity index (χ0) is 17.6. The zero-order valence-electron chi connectivity index (χ0n) is 13.8. The minimum Gasteiger partial charge on any atom is -0.363 e. The van der Waals surface area contributed by atoms with Crippen LogP contribution in [0.25, 0.3) is 11.1 Å². The number of nitrogens with zero attached hydrogens (tertiary/aromatic N) is 2. The molecule has 25 heavy (non-hydrogen) atoms. The highest BCUT2D eigenvalue weighted by molar-refractivity contribution is 5.75. The second-order valence-electron chi connectivity index (χ2n) is 6.73. The predicted molar refractivity (Wildman–Crippen MR) is 90.0 cm³/mol. The average Bonchev–Trinajstić information content (AvgIpc) is 3.17. The molecule has 0 radical (unpaired) electrons. The Balaban J connectivity index is 1.64. The van der Waals surface area contributed by atoms with E-state index in [0.717, 1.165) is 30.5 Å². The van der Waals surface area contributed by atoms with Crippen molar-refractivity contribution >= 4 is 5.82 Å². The van der Waals surface area contributed by atoms with E-state index in [1.165, 1.54) is 24.1 Å². The lowest BCUT2D eigenvalue weighted by Gasteiger charge is -2.23. The Kier molecular flexibility index (Phi) is 3.78. The van der Waals surface area contributed by atoms with Crippen molar-refractivity contribution in [3.8, 4) is 11.1 Å². The summed E-state index contributed by atoms with van der Waals surface area (Å²) in [7, 11) is 0. The molecule has 0 saturated heterocycles. The van der Waals surface area contributed by atoms with Crippen molar-refractivity contribution < 1.29 is 13.2 Å². The van der Waals surface area contributed by atoms with Crippen molar-refractivity contribution in [3.05, 3.63) is 53.5 Å². The summed E-state index contributed by atoms with van der Waals surface area (Å²) in [6, 6.07) is 5.41. The van der Waals surface area contributed by atoms with Crippen molar-refractivity contribution in [2.24, 2.45) is 5.92 Å². The molecule has 0 amide bonds. The summed E-state index contributed by atoms with van der Waals surface area (Å²) >= 11 is 0. The van der Waals surface area contributed by atoms with Gasteiger partial charge in [0.15, 0.2) is 0 Å². The second kappa shape index (κ2) is 5.86. The number of anilines is 1. The number of hydrogen-bond donors (Lipinski definition) is 1. The molecule has 0 aliphatic heterocycles. The lowest BCUT2D eigenvalue weighted by atomic mass is 9.94. The van der Waals surface area contributed by atoms with Crippen LogP contribution in [0.3, 0.4) is 0 Å². The third-order valence-corrected chi connectivity index (χ3v) is 4.98. The first kappa shape index (κ1) is 16.1. The largest absolute Gasteiger partial charge is 0.416 e. The summed E-state index contributed by atoms with van der Waals surface area (Å²) in [5.41, 5.74) is 2.16. The minimum absolute atomic E-state index is 0.265. The van der Waals surface area contributed by atoms with Gasteiger partial charge in [-0.05, 0) is 49.8 Å². The van der Waals surface area contributed by atoms with Crippen LogP contribution in [-0.4, -0.2) is 16.0 Å². The van der Waals surface area contributed by atoms with Crippen molar-refractivity contribution in [3.63, 3.8) is 0 Å². The number of aromatic nitrogens is 2. The summed E-state index contributed by atoms with van der Waals surface area (Å²) in [6.07, 6.45) is 3.08. The van der Waals surface area contributed by atoms with Gasteiger partial charge in [0.1, 0.15) is 11.6 Å². The van der Waals surface area contributed by atoms with E-state index in [9.17, 15) is 13.2 Å². The molecule has 2 aliphatic carbocycles. The number of allylic oxidation sites excluding steroid dienone is 1. The maximum absolute atomic E-state index is 12.8. The first-order valence-corrected chi connectivity index (χ1v) is 8.38. The number of fused-ring (bicyclic) bond motifs is 1. The van der Waals surface area contributed by atoms with Crippen LogP contribution in [0.1, 0.15) is 30.7 Å². The quantitative estimate of drug-likeness (QED) is 0.796. The standard InChI is InChI=1S/C19H18F3N3/c1-11-23-10-16(13-4-6-15(7-5-13)19(20,21)22)18(24-11)25-17-9-12-2-3-14(17)8-12/h4-8,10,12,17H,2-3,9H2,1H3,(H,23,24,25)/t12?,17-/m1/s1. The van der Waals surface area contributed by atoms with Gasteiger partial charge in [-0.15, -0.1) is 0 Å². The first-order chi connectivity index (χ1) is 11.9. The van der Waals surface area contributed by atoms with Crippen LogP contribution in [-0.2, 0) is 6.18 Å². The van der Waals surface area contributed by atoms with Gasteiger partial charge in [0.2, 0.25) is 0 Å². The van der Waals surface area contributed by atoms with Gasteiger partial charge in [0.25, 0.3) is 0 Å². The maximum Gasteiger partial charge on any atom is 0.416 e. The van der Waals surface area contributed by atoms with Gasteiger partial charge in [0.05, 0.1) is 5.56 Å². The molecule has 2 aliphatic rings.